The summed E-state index contributed by atoms with van der Waals surface area (Å²) in [5.41, 5.74) is 20.9. The molecule has 6 aromatic carbocycles. The van der Waals surface area contributed by atoms with Crippen LogP contribution in [-0.4, -0.2) is 107 Å². The number of nitrogens with zero attached hydrogens (tertiary/aromatic N) is 6. The summed E-state index contributed by atoms with van der Waals surface area (Å²) < 4.78 is 28.9. The van der Waals surface area contributed by atoms with E-state index in [1.807, 2.05) is 148 Å². The second-order valence-electron chi connectivity index (χ2n) is 22.1. The van der Waals surface area contributed by atoms with Gasteiger partial charge in [0.1, 0.15) is 41.9 Å². The monoisotopic (exact) mass is 1140 g/mol. The molecule has 6 atom stereocenters. The number of carbonyl (C=O) groups is 5. The minimum Gasteiger partial charge on any atom is -0.455 e. The number of thioether (sulfide) groups is 1. The number of aromatic nitrogens is 2. The lowest BCUT2D eigenvalue weighted by molar-refractivity contribution is -0.195. The molecule has 1 aliphatic carbocycles. The Kier molecular flexibility index (Phi) is 16.7. The van der Waals surface area contributed by atoms with Gasteiger partial charge in [0.05, 0.1) is 29.7 Å². The topological polar surface area (TPSA) is 230 Å². The second kappa shape index (κ2) is 24.0. The van der Waals surface area contributed by atoms with Gasteiger partial charge in [0, 0.05) is 35.6 Å². The van der Waals surface area contributed by atoms with Gasteiger partial charge in [-0.1, -0.05) is 178 Å². The number of carbonyl (C=O) groups excluding carboxylic acids is 5. The van der Waals surface area contributed by atoms with Crippen molar-refractivity contribution in [3.63, 3.8) is 0 Å². The minimum absolute atomic E-state index is 0.0616. The van der Waals surface area contributed by atoms with E-state index >= 15 is 4.79 Å². The third-order valence-electron chi connectivity index (χ3n) is 16.1. The number of nitrogens with two attached hydrogens (primary N) is 1. The molecule has 1 aromatic heterocycles. The first kappa shape index (κ1) is 56.9. The number of rotatable bonds is 20. The van der Waals surface area contributed by atoms with Crippen LogP contribution < -0.4 is 11.1 Å². The molecule has 7 aromatic rings. The first-order valence-corrected chi connectivity index (χ1v) is 31.2. The zero-order valence-corrected chi connectivity index (χ0v) is 48.0. The predicted octanol–water partition coefficient (Wildman–Crippen LogP) is 10.8. The molecule has 420 valence electrons. The van der Waals surface area contributed by atoms with Crippen molar-refractivity contribution in [2.75, 3.05) is 18.9 Å². The van der Waals surface area contributed by atoms with E-state index in [-0.39, 0.29) is 48.8 Å². The highest BCUT2D eigenvalue weighted by Crippen LogP contribution is 2.47. The number of benzene rings is 6. The van der Waals surface area contributed by atoms with E-state index < -0.39 is 84.5 Å². The summed E-state index contributed by atoms with van der Waals surface area (Å²) in [5, 5.41) is 6.27. The van der Waals surface area contributed by atoms with Crippen molar-refractivity contribution in [3.05, 3.63) is 231 Å². The number of ether oxygens (including phenoxy) is 3. The number of imidazole rings is 1. The first-order chi connectivity index (χ1) is 39.5. The summed E-state index contributed by atoms with van der Waals surface area (Å²) in [6.07, 6.45) is -1.71. The van der Waals surface area contributed by atoms with Crippen LogP contribution in [0.5, 0.6) is 0 Å². The van der Waals surface area contributed by atoms with E-state index in [1.54, 1.807) is 30.6 Å². The van der Waals surface area contributed by atoms with E-state index in [1.165, 1.54) is 0 Å². The van der Waals surface area contributed by atoms with Crippen molar-refractivity contribution in [2.45, 2.75) is 99.0 Å². The van der Waals surface area contributed by atoms with E-state index in [9.17, 15) is 24.7 Å². The van der Waals surface area contributed by atoms with Crippen LogP contribution in [-0.2, 0) is 40.2 Å². The molecule has 82 heavy (non-hydrogen) atoms. The van der Waals surface area contributed by atoms with Crippen LogP contribution in [0.25, 0.3) is 21.6 Å². The molecule has 4 amide bonds. The summed E-state index contributed by atoms with van der Waals surface area (Å²) in [7, 11) is -3.01. The molecule has 19 heteroatoms. The highest BCUT2D eigenvalue weighted by Gasteiger charge is 2.58. The highest BCUT2D eigenvalue weighted by molar-refractivity contribution is 7.99. The summed E-state index contributed by atoms with van der Waals surface area (Å²) >= 11 is 1.13. The van der Waals surface area contributed by atoms with Gasteiger partial charge < -0.3 is 34.3 Å². The average Bonchev–Trinajstić information content (AvgIpc) is 3.56. The van der Waals surface area contributed by atoms with Crippen molar-refractivity contribution in [3.8, 4) is 11.1 Å². The van der Waals surface area contributed by atoms with Gasteiger partial charge in [0.25, 0.3) is 11.8 Å². The predicted molar refractivity (Wildman–Crippen MR) is 314 cm³/mol. The quantitative estimate of drug-likeness (QED) is 0.0139. The third kappa shape index (κ3) is 11.2. The first-order valence-electron chi connectivity index (χ1n) is 27.2. The van der Waals surface area contributed by atoms with Crippen molar-refractivity contribution < 1.29 is 42.6 Å². The van der Waals surface area contributed by atoms with Gasteiger partial charge in [-0.15, -0.1) is 11.8 Å². The Morgan fingerprint density at radius 3 is 1.79 bits per heavy atom. The molecule has 17 nitrogen and oxygen atoms in total. The lowest BCUT2D eigenvalue weighted by atomic mass is 9.77. The standard InChI is InChI=1S/C63H64N8O9SSi/c1-62(2,3)82(4,5)80-56-54(71-57(73)48-31-19-20-32-49(48)58(71)74)60(81-34-33-53(64)72)78-52(36-67-69-65)55(56)79-59(75)51(68-61(76)77-38-50-46-29-17-15-27-44(46)45-28-16-18-30-47(45)50)35-43-37-70(39-66-43)63(40-21-9-6-10-22-40,41-23-11-7-12-24-41)42-25-13-8-14-26-42/h6-32,37,39,50-52,54-56,60H,33-36,38H2,1-5H3,(H2,64,72)(H,68,76)/t51-,52+,54+,55+,56+,60-/m0/s1. The Morgan fingerprint density at radius 1 is 0.768 bits per heavy atom. The van der Waals surface area contributed by atoms with Gasteiger partial charge in [-0.3, -0.25) is 19.3 Å². The summed E-state index contributed by atoms with van der Waals surface area (Å²) in [4.78, 5) is 80.8. The normalized spacial score (nSPS) is 19.1. The lowest BCUT2D eigenvalue weighted by Gasteiger charge is -2.51. The van der Waals surface area contributed by atoms with E-state index in [0.717, 1.165) is 55.6 Å². The van der Waals surface area contributed by atoms with Crippen LogP contribution >= 0.6 is 11.8 Å². The van der Waals surface area contributed by atoms with Crippen LogP contribution in [0.1, 0.15) is 87.3 Å². The fourth-order valence-electron chi connectivity index (χ4n) is 11.2. The van der Waals surface area contributed by atoms with Gasteiger partial charge in [-0.2, -0.15) is 0 Å². The number of alkyl carbamates (subject to hydrolysis) is 1. The molecule has 0 spiro atoms. The van der Waals surface area contributed by atoms with Gasteiger partial charge in [-0.25, -0.2) is 14.6 Å². The van der Waals surface area contributed by atoms with Crippen molar-refractivity contribution in [1.29, 1.82) is 0 Å². The highest BCUT2D eigenvalue weighted by atomic mass is 32.2. The molecule has 1 saturated heterocycles. The smallest absolute Gasteiger partial charge is 0.407 e. The molecule has 1 fully saturated rings. The maximum atomic E-state index is 15.7. The van der Waals surface area contributed by atoms with E-state index in [4.69, 9.17) is 29.4 Å². The molecule has 0 saturated carbocycles. The van der Waals surface area contributed by atoms with Crippen LogP contribution in [0, 0.1) is 0 Å². The number of amides is 4. The second-order valence-corrected chi connectivity index (χ2v) is 28.1. The number of hydrogen-bond donors (Lipinski definition) is 2. The molecular formula is C63H64N8O9SSi. The van der Waals surface area contributed by atoms with Crippen molar-refractivity contribution >= 4 is 49.9 Å². The molecule has 0 unspecified atom stereocenters. The summed E-state index contributed by atoms with van der Waals surface area (Å²) in [6, 6.07) is 49.6. The maximum Gasteiger partial charge on any atom is 0.407 e. The number of hydrogen-bond acceptors (Lipinski definition) is 12. The molecular weight excluding hydrogens is 1070 g/mol. The Labute approximate surface area is 481 Å². The third-order valence-corrected chi connectivity index (χ3v) is 21.7. The number of azide groups is 1. The zero-order valence-electron chi connectivity index (χ0n) is 46.2. The average molecular weight is 1140 g/mol. The number of esters is 1. The zero-order chi connectivity index (χ0) is 57.8. The van der Waals surface area contributed by atoms with Crippen molar-refractivity contribution in [2.24, 2.45) is 10.8 Å². The van der Waals surface area contributed by atoms with Gasteiger partial charge in [0.2, 0.25) is 5.91 Å². The molecule has 3 N–H and O–H groups in total. The summed E-state index contributed by atoms with van der Waals surface area (Å²) in [5.74, 6) is -2.99. The number of nitrogens with one attached hydrogen (secondary N) is 1. The van der Waals surface area contributed by atoms with Gasteiger partial charge in [-0.05, 0) is 74.7 Å². The SMILES string of the molecule is CC(C)(C)[Si](C)(C)O[C@H]1[C@H](OC(=O)[C@H](Cc2cn(C(c3ccccc3)(c3ccccc3)c3ccccc3)cn2)NC(=O)OCC2c3ccccc3-c3ccccc32)[C@@H](CN=[N+]=[N-])O[C@@H](SCCC(N)=O)[C@@H]1N1C(=O)c2ccccc2C1=O. The van der Waals surface area contributed by atoms with Gasteiger partial charge in [0.15, 0.2) is 14.4 Å². The maximum absolute atomic E-state index is 15.7. The van der Waals surface area contributed by atoms with E-state index in [2.05, 4.69) is 51.7 Å². The minimum atomic E-state index is -3.01. The van der Waals surface area contributed by atoms with Gasteiger partial charge >= 0.3 is 12.1 Å². The number of imide groups is 1. The Hall–Kier alpha value is -8.32. The lowest BCUT2D eigenvalue weighted by Crippen LogP contribution is -2.68. The van der Waals surface area contributed by atoms with Crippen LogP contribution in [0.4, 0.5) is 4.79 Å². The molecule has 3 heterocycles. The van der Waals surface area contributed by atoms with Crippen LogP contribution in [0.3, 0.4) is 0 Å². The Bertz CT molecular complexity index is 3360. The Balaban J connectivity index is 1.06. The van der Waals surface area contributed by atoms with Crippen LogP contribution in [0.15, 0.2) is 181 Å². The fourth-order valence-corrected chi connectivity index (χ4v) is 13.7. The summed E-state index contributed by atoms with van der Waals surface area (Å²) in [6.45, 7) is 9.57. The molecule has 3 aliphatic rings. The fraction of sp³-hybridized carbons (Fsp3) is 0.302. The Morgan fingerprint density at radius 2 is 1.28 bits per heavy atom. The molecule has 10 rings (SSSR count). The van der Waals surface area contributed by atoms with Crippen LogP contribution in [0.2, 0.25) is 18.1 Å². The molecule has 0 radical (unpaired) electrons. The molecule has 0 bridgehead atoms. The number of fused-ring (bicyclic) bond motifs is 4. The number of primary amides is 1. The van der Waals surface area contributed by atoms with Crippen molar-refractivity contribution in [1.82, 2.24) is 19.8 Å². The molecule has 2 aliphatic heterocycles. The van der Waals surface area contributed by atoms with E-state index in [0.29, 0.717) is 5.69 Å². The largest absolute Gasteiger partial charge is 0.455 e.